The van der Waals surface area contributed by atoms with Gasteiger partial charge in [-0.25, -0.2) is 0 Å². The van der Waals surface area contributed by atoms with Gasteiger partial charge in [0.2, 0.25) is 0 Å². The maximum atomic E-state index is 6.22. The first-order chi connectivity index (χ1) is 10.2. The van der Waals surface area contributed by atoms with E-state index in [1.165, 1.54) is 0 Å². The first-order valence-electron chi connectivity index (χ1n) is 7.30. The fourth-order valence-electron chi connectivity index (χ4n) is 2.10. The minimum atomic E-state index is 0.395. The number of hydrogen-bond acceptors (Lipinski definition) is 3. The molecule has 0 bridgehead atoms. The van der Waals surface area contributed by atoms with Crippen molar-refractivity contribution in [3.63, 3.8) is 0 Å². The average Bonchev–Trinajstić information content (AvgIpc) is 2.95. The minimum Gasteiger partial charge on any atom is -0.485 e. The molecule has 0 spiro atoms. The van der Waals surface area contributed by atoms with Crippen molar-refractivity contribution in [2.24, 2.45) is 5.73 Å². The second-order valence-electron chi connectivity index (χ2n) is 5.10. The quantitative estimate of drug-likeness (QED) is 0.850. The van der Waals surface area contributed by atoms with Crippen molar-refractivity contribution in [1.29, 1.82) is 0 Å². The first-order valence-corrected chi connectivity index (χ1v) is 7.67. The van der Waals surface area contributed by atoms with Gasteiger partial charge in [0.1, 0.15) is 12.4 Å². The van der Waals surface area contributed by atoms with Crippen molar-refractivity contribution in [1.82, 2.24) is 9.78 Å². The van der Waals surface area contributed by atoms with Gasteiger partial charge in [-0.05, 0) is 44.0 Å². The average molecular weight is 308 g/mol. The number of halogens is 1. The van der Waals surface area contributed by atoms with Gasteiger partial charge in [-0.2, -0.15) is 5.10 Å². The molecule has 1 atom stereocenters. The zero-order valence-corrected chi connectivity index (χ0v) is 13.3. The van der Waals surface area contributed by atoms with Crippen molar-refractivity contribution in [2.45, 2.75) is 39.3 Å². The molecule has 0 amide bonds. The molecule has 2 rings (SSSR count). The zero-order valence-electron chi connectivity index (χ0n) is 12.6. The number of nitrogens with zero attached hydrogens (tertiary/aromatic N) is 2. The van der Waals surface area contributed by atoms with Gasteiger partial charge in [-0.1, -0.05) is 30.7 Å². The van der Waals surface area contributed by atoms with Gasteiger partial charge in [-0.15, -0.1) is 0 Å². The number of benzene rings is 1. The van der Waals surface area contributed by atoms with E-state index in [9.17, 15) is 0 Å². The Bertz CT molecular complexity index is 583. The summed E-state index contributed by atoms with van der Waals surface area (Å²) in [5.41, 5.74) is 7.56. The number of para-hydroxylation sites is 1. The number of hydrogen-bond donors (Lipinski definition) is 1. The molecule has 2 aromatic rings. The van der Waals surface area contributed by atoms with Crippen molar-refractivity contribution >= 4 is 11.6 Å². The summed E-state index contributed by atoms with van der Waals surface area (Å²) in [5.74, 6) is 0.711. The Labute approximate surface area is 130 Å². The fourth-order valence-corrected chi connectivity index (χ4v) is 2.35. The zero-order chi connectivity index (χ0) is 15.2. The maximum Gasteiger partial charge on any atom is 0.141 e. The molecule has 0 aliphatic rings. The van der Waals surface area contributed by atoms with Crippen molar-refractivity contribution in [3.8, 4) is 5.75 Å². The van der Waals surface area contributed by atoms with E-state index in [-0.39, 0.29) is 0 Å². The van der Waals surface area contributed by atoms with Crippen LogP contribution in [0.5, 0.6) is 5.75 Å². The van der Waals surface area contributed by atoms with Gasteiger partial charge in [-0.3, -0.25) is 4.68 Å². The largest absolute Gasteiger partial charge is 0.485 e. The highest BCUT2D eigenvalue weighted by Crippen LogP contribution is 2.29. The molecule has 2 N–H and O–H groups in total. The van der Waals surface area contributed by atoms with Gasteiger partial charge < -0.3 is 10.5 Å². The van der Waals surface area contributed by atoms with Gasteiger partial charge >= 0.3 is 0 Å². The van der Waals surface area contributed by atoms with E-state index >= 15 is 0 Å². The minimum absolute atomic E-state index is 0.395. The highest BCUT2D eigenvalue weighted by atomic mass is 35.5. The van der Waals surface area contributed by atoms with Crippen LogP contribution < -0.4 is 10.5 Å². The second kappa shape index (κ2) is 7.48. The van der Waals surface area contributed by atoms with E-state index in [0.717, 1.165) is 24.1 Å². The predicted octanol–water partition coefficient (Wildman–Crippen LogP) is 3.59. The summed E-state index contributed by atoms with van der Waals surface area (Å²) in [6.07, 6.45) is 3.78. The van der Waals surface area contributed by atoms with Gasteiger partial charge in [0, 0.05) is 12.2 Å². The topological polar surface area (TPSA) is 53.1 Å². The Morgan fingerprint density at radius 2 is 2.19 bits per heavy atom. The molecular weight excluding hydrogens is 286 g/mol. The van der Waals surface area contributed by atoms with Crippen LogP contribution in [-0.2, 0) is 13.0 Å². The van der Waals surface area contributed by atoms with E-state index in [0.29, 0.717) is 30.0 Å². The Hall–Kier alpha value is -1.52. The van der Waals surface area contributed by atoms with Gasteiger partial charge in [0.05, 0.1) is 10.7 Å². The van der Waals surface area contributed by atoms with Crippen LogP contribution >= 0.6 is 11.6 Å². The van der Waals surface area contributed by atoms with E-state index < -0.39 is 0 Å². The smallest absolute Gasteiger partial charge is 0.141 e. The molecular formula is C16H22ClN3O. The van der Waals surface area contributed by atoms with Crippen LogP contribution in [0.1, 0.15) is 37.6 Å². The third kappa shape index (κ3) is 3.99. The molecule has 0 fully saturated rings. The van der Waals surface area contributed by atoms with Crippen LogP contribution in [0.2, 0.25) is 5.02 Å². The standard InChI is InChI=1S/C16H22ClN3O/c1-3-12(2)20-10-8-14(19-20)11-21-16-13(7-9-18)5-4-6-15(16)17/h4-6,8,10,12H,3,7,9,11,18H2,1-2H3. The third-order valence-corrected chi connectivity index (χ3v) is 3.83. The molecule has 1 heterocycles. The predicted molar refractivity (Wildman–Crippen MR) is 85.8 cm³/mol. The lowest BCUT2D eigenvalue weighted by Crippen LogP contribution is -2.07. The van der Waals surface area contributed by atoms with E-state index in [1.807, 2.05) is 35.1 Å². The van der Waals surface area contributed by atoms with Crippen molar-refractivity contribution < 1.29 is 4.74 Å². The molecule has 21 heavy (non-hydrogen) atoms. The van der Waals surface area contributed by atoms with E-state index in [4.69, 9.17) is 22.1 Å². The number of aromatic nitrogens is 2. The Kier molecular flexibility index (Phi) is 5.65. The molecule has 1 aromatic heterocycles. The van der Waals surface area contributed by atoms with Crippen molar-refractivity contribution in [3.05, 3.63) is 46.7 Å². The van der Waals surface area contributed by atoms with Gasteiger partial charge in [0.15, 0.2) is 0 Å². The molecule has 5 heteroatoms. The maximum absolute atomic E-state index is 6.22. The molecule has 0 saturated heterocycles. The van der Waals surface area contributed by atoms with E-state index in [2.05, 4.69) is 18.9 Å². The van der Waals surface area contributed by atoms with Crippen molar-refractivity contribution in [2.75, 3.05) is 6.54 Å². The summed E-state index contributed by atoms with van der Waals surface area (Å²) in [6, 6.07) is 8.11. The number of ether oxygens (including phenoxy) is 1. The molecule has 1 aromatic carbocycles. The highest BCUT2D eigenvalue weighted by molar-refractivity contribution is 6.32. The molecule has 114 valence electrons. The summed E-state index contributed by atoms with van der Waals surface area (Å²) >= 11 is 6.22. The Balaban J connectivity index is 2.07. The van der Waals surface area contributed by atoms with Crippen LogP contribution in [-0.4, -0.2) is 16.3 Å². The molecule has 1 unspecified atom stereocenters. The molecule has 0 saturated carbocycles. The number of rotatable bonds is 7. The molecule has 0 radical (unpaired) electrons. The summed E-state index contributed by atoms with van der Waals surface area (Å²) in [4.78, 5) is 0. The summed E-state index contributed by atoms with van der Waals surface area (Å²) < 4.78 is 7.83. The lowest BCUT2D eigenvalue weighted by molar-refractivity contribution is 0.295. The summed E-state index contributed by atoms with van der Waals surface area (Å²) in [6.45, 7) is 5.26. The SMILES string of the molecule is CCC(C)n1ccc(COc2c(Cl)cccc2CCN)n1. The normalized spacial score (nSPS) is 12.4. The van der Waals surface area contributed by atoms with Crippen LogP contribution in [0, 0.1) is 0 Å². The monoisotopic (exact) mass is 307 g/mol. The van der Waals surface area contributed by atoms with Crippen LogP contribution in [0.15, 0.2) is 30.5 Å². The lowest BCUT2D eigenvalue weighted by atomic mass is 10.1. The fraction of sp³-hybridized carbons (Fsp3) is 0.438. The molecule has 0 aliphatic carbocycles. The Morgan fingerprint density at radius 3 is 2.90 bits per heavy atom. The third-order valence-electron chi connectivity index (χ3n) is 3.53. The summed E-state index contributed by atoms with van der Waals surface area (Å²) in [7, 11) is 0. The number of nitrogens with two attached hydrogens (primary N) is 1. The van der Waals surface area contributed by atoms with Crippen LogP contribution in [0.3, 0.4) is 0 Å². The molecule has 0 aliphatic heterocycles. The highest BCUT2D eigenvalue weighted by Gasteiger charge is 2.10. The second-order valence-corrected chi connectivity index (χ2v) is 5.51. The summed E-state index contributed by atoms with van der Waals surface area (Å²) in [5, 5.41) is 5.14. The van der Waals surface area contributed by atoms with Gasteiger partial charge in [0.25, 0.3) is 0 Å². The Morgan fingerprint density at radius 1 is 1.38 bits per heavy atom. The van der Waals surface area contributed by atoms with E-state index in [1.54, 1.807) is 0 Å². The molecule has 4 nitrogen and oxygen atoms in total. The van der Waals surface area contributed by atoms with Crippen LogP contribution in [0.4, 0.5) is 0 Å². The van der Waals surface area contributed by atoms with Crippen LogP contribution in [0.25, 0.3) is 0 Å². The lowest BCUT2D eigenvalue weighted by Gasteiger charge is -2.12. The first kappa shape index (κ1) is 15.9.